The van der Waals surface area contributed by atoms with Gasteiger partial charge in [0.1, 0.15) is 0 Å². The number of nitrogens with zero attached hydrogens (tertiary/aromatic N) is 4. The van der Waals surface area contributed by atoms with Gasteiger partial charge in [0, 0.05) is 24.8 Å². The maximum absolute atomic E-state index is 12.0. The first-order chi connectivity index (χ1) is 9.67. The molecule has 1 unspecified atom stereocenters. The van der Waals surface area contributed by atoms with E-state index in [1.165, 1.54) is 35.1 Å². The molecule has 0 saturated carbocycles. The fraction of sp³-hybridized carbons (Fsp3) is 0.643. The summed E-state index contributed by atoms with van der Waals surface area (Å²) in [5, 5.41) is 5.39. The molecule has 1 aliphatic heterocycles. The first kappa shape index (κ1) is 13.5. The summed E-state index contributed by atoms with van der Waals surface area (Å²) >= 11 is 1.52. The lowest BCUT2D eigenvalue weighted by Gasteiger charge is -2.18. The van der Waals surface area contributed by atoms with Crippen LogP contribution in [0.3, 0.4) is 0 Å². The summed E-state index contributed by atoms with van der Waals surface area (Å²) in [5.41, 5.74) is 0.771. The Morgan fingerprint density at radius 3 is 3.05 bits per heavy atom. The monoisotopic (exact) mass is 292 g/mol. The molecule has 2 aromatic rings. The van der Waals surface area contributed by atoms with E-state index in [4.69, 9.17) is 0 Å². The van der Waals surface area contributed by atoms with Gasteiger partial charge in [-0.15, -0.1) is 5.10 Å². The van der Waals surface area contributed by atoms with Crippen molar-refractivity contribution in [2.24, 2.45) is 5.92 Å². The van der Waals surface area contributed by atoms with Gasteiger partial charge in [-0.1, -0.05) is 25.2 Å². The zero-order chi connectivity index (χ0) is 14.1. The van der Waals surface area contributed by atoms with Crippen molar-refractivity contribution in [1.29, 1.82) is 0 Å². The minimum Gasteiger partial charge on any atom is -0.347 e. The summed E-state index contributed by atoms with van der Waals surface area (Å²) in [4.78, 5) is 19.5. The Hall–Kier alpha value is -1.43. The minimum absolute atomic E-state index is 0.0717. The van der Waals surface area contributed by atoms with Gasteiger partial charge in [-0.05, 0) is 31.6 Å². The van der Waals surface area contributed by atoms with Crippen LogP contribution in [0.15, 0.2) is 10.9 Å². The molecule has 0 aromatic carbocycles. The molecule has 3 heterocycles. The van der Waals surface area contributed by atoms with Crippen molar-refractivity contribution in [3.8, 4) is 0 Å². The zero-order valence-electron chi connectivity index (χ0n) is 12.0. The number of rotatable bonds is 2. The predicted molar refractivity (Wildman–Crippen MR) is 81.7 cm³/mol. The molecular formula is C14H20N4OS. The first-order valence-electron chi connectivity index (χ1n) is 7.32. The van der Waals surface area contributed by atoms with Crippen molar-refractivity contribution in [1.82, 2.24) is 14.6 Å². The van der Waals surface area contributed by atoms with Crippen molar-refractivity contribution in [2.45, 2.75) is 39.5 Å². The lowest BCUT2D eigenvalue weighted by molar-refractivity contribution is 0.521. The van der Waals surface area contributed by atoms with E-state index >= 15 is 0 Å². The predicted octanol–water partition coefficient (Wildman–Crippen LogP) is 2.34. The van der Waals surface area contributed by atoms with Crippen LogP contribution in [0.25, 0.3) is 4.96 Å². The highest BCUT2D eigenvalue weighted by Crippen LogP contribution is 2.25. The van der Waals surface area contributed by atoms with Gasteiger partial charge in [-0.25, -0.2) is 4.98 Å². The molecule has 0 N–H and O–H groups in total. The summed E-state index contributed by atoms with van der Waals surface area (Å²) < 4.78 is 1.44. The smallest absolute Gasteiger partial charge is 0.275 e. The molecule has 1 aliphatic rings. The van der Waals surface area contributed by atoms with Crippen LogP contribution in [0.4, 0.5) is 5.13 Å². The summed E-state index contributed by atoms with van der Waals surface area (Å²) in [5.74, 6) is 0.780. The van der Waals surface area contributed by atoms with Gasteiger partial charge in [-0.3, -0.25) is 4.79 Å². The van der Waals surface area contributed by atoms with Crippen LogP contribution < -0.4 is 10.5 Å². The molecule has 0 spiro atoms. The average Bonchev–Trinajstić information content (AvgIpc) is 2.75. The SMILES string of the molecule is CCc1cc(=O)n2nc(N3CCCC(C)CC3)sc2n1. The molecule has 1 fully saturated rings. The fourth-order valence-corrected chi connectivity index (χ4v) is 3.59. The van der Waals surface area contributed by atoms with E-state index in [0.29, 0.717) is 4.96 Å². The van der Waals surface area contributed by atoms with Crippen LogP contribution in [0, 0.1) is 5.92 Å². The number of hydrogen-bond acceptors (Lipinski definition) is 5. The summed E-state index contributed by atoms with van der Waals surface area (Å²) in [6.45, 7) is 6.37. The van der Waals surface area contributed by atoms with Gasteiger partial charge in [-0.2, -0.15) is 4.52 Å². The molecule has 0 aliphatic carbocycles. The van der Waals surface area contributed by atoms with Gasteiger partial charge in [0.25, 0.3) is 5.56 Å². The lowest BCUT2D eigenvalue weighted by Crippen LogP contribution is -2.24. The van der Waals surface area contributed by atoms with Crippen molar-refractivity contribution >= 4 is 21.4 Å². The second kappa shape index (κ2) is 5.52. The molecular weight excluding hydrogens is 272 g/mol. The highest BCUT2D eigenvalue weighted by molar-refractivity contribution is 7.20. The van der Waals surface area contributed by atoms with E-state index in [1.807, 2.05) is 6.92 Å². The first-order valence-corrected chi connectivity index (χ1v) is 8.13. The highest BCUT2D eigenvalue weighted by Gasteiger charge is 2.18. The number of aromatic nitrogens is 3. The Kier molecular flexibility index (Phi) is 3.74. The van der Waals surface area contributed by atoms with Crippen LogP contribution in [0.1, 0.15) is 38.8 Å². The molecule has 0 amide bonds. The Labute approximate surface area is 122 Å². The maximum atomic E-state index is 12.0. The van der Waals surface area contributed by atoms with Crippen LogP contribution in [-0.4, -0.2) is 27.7 Å². The molecule has 0 radical (unpaired) electrons. The Balaban J connectivity index is 1.96. The van der Waals surface area contributed by atoms with Gasteiger partial charge >= 0.3 is 0 Å². The third-order valence-electron chi connectivity index (χ3n) is 3.94. The quantitative estimate of drug-likeness (QED) is 0.852. The Morgan fingerprint density at radius 2 is 2.25 bits per heavy atom. The van der Waals surface area contributed by atoms with Crippen LogP contribution in [0.5, 0.6) is 0 Å². The number of aryl methyl sites for hydroxylation is 1. The Morgan fingerprint density at radius 1 is 1.40 bits per heavy atom. The van der Waals surface area contributed by atoms with Gasteiger partial charge in [0.15, 0.2) is 0 Å². The number of anilines is 1. The third-order valence-corrected chi connectivity index (χ3v) is 4.91. The zero-order valence-corrected chi connectivity index (χ0v) is 12.8. The van der Waals surface area contributed by atoms with E-state index < -0.39 is 0 Å². The van der Waals surface area contributed by atoms with E-state index in [2.05, 4.69) is 21.9 Å². The Bertz CT molecular complexity index is 663. The van der Waals surface area contributed by atoms with Crippen molar-refractivity contribution < 1.29 is 0 Å². The van der Waals surface area contributed by atoms with Crippen LogP contribution in [0.2, 0.25) is 0 Å². The summed E-state index contributed by atoms with van der Waals surface area (Å²) in [7, 11) is 0. The van der Waals surface area contributed by atoms with E-state index in [1.54, 1.807) is 6.07 Å². The molecule has 108 valence electrons. The number of fused-ring (bicyclic) bond motifs is 1. The highest BCUT2D eigenvalue weighted by atomic mass is 32.1. The van der Waals surface area contributed by atoms with Crippen molar-refractivity contribution in [2.75, 3.05) is 18.0 Å². The molecule has 3 rings (SSSR count). The molecule has 20 heavy (non-hydrogen) atoms. The standard InChI is InChI=1S/C14H20N4OS/c1-3-11-9-12(19)18-13(15-11)20-14(16-18)17-7-4-5-10(2)6-8-17/h9-10H,3-8H2,1-2H3. The summed E-state index contributed by atoms with van der Waals surface area (Å²) in [6.07, 6.45) is 4.44. The molecule has 6 heteroatoms. The minimum atomic E-state index is -0.0717. The van der Waals surface area contributed by atoms with Gasteiger partial charge < -0.3 is 4.90 Å². The number of hydrogen-bond donors (Lipinski definition) is 0. The third kappa shape index (κ3) is 2.57. The molecule has 2 aromatic heterocycles. The van der Waals surface area contributed by atoms with Crippen LogP contribution in [-0.2, 0) is 6.42 Å². The normalized spacial score (nSPS) is 20.3. The van der Waals surface area contributed by atoms with E-state index in [9.17, 15) is 4.79 Å². The van der Waals surface area contributed by atoms with Gasteiger partial charge in [0.2, 0.25) is 10.1 Å². The van der Waals surface area contributed by atoms with Crippen molar-refractivity contribution in [3.63, 3.8) is 0 Å². The van der Waals surface area contributed by atoms with Gasteiger partial charge in [0.05, 0.1) is 0 Å². The van der Waals surface area contributed by atoms with E-state index in [-0.39, 0.29) is 5.56 Å². The second-order valence-corrected chi connectivity index (χ2v) is 6.48. The molecule has 0 bridgehead atoms. The van der Waals surface area contributed by atoms with E-state index in [0.717, 1.165) is 36.3 Å². The lowest BCUT2D eigenvalue weighted by atomic mass is 10.0. The second-order valence-electron chi connectivity index (χ2n) is 5.54. The fourth-order valence-electron chi connectivity index (χ4n) is 2.61. The van der Waals surface area contributed by atoms with Crippen LogP contribution >= 0.6 is 11.3 Å². The maximum Gasteiger partial charge on any atom is 0.275 e. The largest absolute Gasteiger partial charge is 0.347 e. The molecule has 5 nitrogen and oxygen atoms in total. The topological polar surface area (TPSA) is 50.5 Å². The molecule has 1 saturated heterocycles. The molecule has 1 atom stereocenters. The van der Waals surface area contributed by atoms with Crippen molar-refractivity contribution in [3.05, 3.63) is 22.1 Å². The average molecular weight is 292 g/mol. The summed E-state index contributed by atoms with van der Waals surface area (Å²) in [6, 6.07) is 1.58.